The van der Waals surface area contributed by atoms with Crippen LogP contribution in [0, 0.1) is 11.3 Å². The first-order valence-corrected chi connectivity index (χ1v) is 6.45. The van der Waals surface area contributed by atoms with Crippen LogP contribution >= 0.6 is 11.6 Å². The van der Waals surface area contributed by atoms with E-state index < -0.39 is 0 Å². The van der Waals surface area contributed by atoms with Gasteiger partial charge in [0.1, 0.15) is 0 Å². The van der Waals surface area contributed by atoms with Gasteiger partial charge in [-0.1, -0.05) is 48.5 Å². The van der Waals surface area contributed by atoms with Crippen molar-refractivity contribution in [1.29, 1.82) is 5.26 Å². The minimum absolute atomic E-state index is 0.105. The number of benzene rings is 2. The van der Waals surface area contributed by atoms with Gasteiger partial charge in [-0.15, -0.1) is 11.6 Å². The van der Waals surface area contributed by atoms with E-state index in [4.69, 9.17) is 11.6 Å². The molecule has 3 rings (SSSR count). The molecule has 1 aliphatic carbocycles. The number of fused-ring (bicyclic) bond motifs is 2. The van der Waals surface area contributed by atoms with Crippen LogP contribution in [0.2, 0.25) is 0 Å². The summed E-state index contributed by atoms with van der Waals surface area (Å²) in [6.07, 6.45) is 0.743. The molecule has 0 bridgehead atoms. The Morgan fingerprint density at radius 1 is 0.944 bits per heavy atom. The van der Waals surface area contributed by atoms with Gasteiger partial charge in [-0.2, -0.15) is 5.26 Å². The Morgan fingerprint density at radius 2 is 1.56 bits per heavy atom. The summed E-state index contributed by atoms with van der Waals surface area (Å²) in [6, 6.07) is 18.5. The topological polar surface area (TPSA) is 23.8 Å². The Kier molecular flexibility index (Phi) is 2.81. The summed E-state index contributed by atoms with van der Waals surface area (Å²) in [6.45, 7) is 0. The van der Waals surface area contributed by atoms with Crippen molar-refractivity contribution >= 4 is 11.6 Å². The molecule has 0 heterocycles. The van der Waals surface area contributed by atoms with Gasteiger partial charge in [0.15, 0.2) is 0 Å². The summed E-state index contributed by atoms with van der Waals surface area (Å²) in [5, 5.41) is 9.22. The molecule has 2 heteroatoms. The largest absolute Gasteiger partial charge is 0.198 e. The molecule has 0 spiro atoms. The lowest BCUT2D eigenvalue weighted by Gasteiger charge is -2.13. The van der Waals surface area contributed by atoms with Gasteiger partial charge in [0, 0.05) is 0 Å². The predicted molar refractivity (Wildman–Crippen MR) is 72.6 cm³/mol. The van der Waals surface area contributed by atoms with E-state index in [1.807, 2.05) is 36.4 Å². The maximum absolute atomic E-state index is 9.38. The van der Waals surface area contributed by atoms with Gasteiger partial charge in [0.05, 0.1) is 17.4 Å². The highest BCUT2D eigenvalue weighted by Gasteiger charge is 2.26. The average molecular weight is 254 g/mol. The summed E-state index contributed by atoms with van der Waals surface area (Å²) in [4.78, 5) is 0. The van der Waals surface area contributed by atoms with E-state index in [0.29, 0.717) is 0 Å². The van der Waals surface area contributed by atoms with E-state index in [1.54, 1.807) is 0 Å². The first-order chi connectivity index (χ1) is 8.81. The number of rotatable bonds is 0. The first kappa shape index (κ1) is 11.3. The molecule has 2 aromatic carbocycles. The summed E-state index contributed by atoms with van der Waals surface area (Å²) < 4.78 is 0. The number of alkyl halides is 1. The van der Waals surface area contributed by atoms with Crippen LogP contribution in [0.3, 0.4) is 0 Å². The van der Waals surface area contributed by atoms with Crippen molar-refractivity contribution < 1.29 is 0 Å². The highest BCUT2D eigenvalue weighted by atomic mass is 35.5. The predicted octanol–water partition coefficient (Wildman–Crippen LogP) is 4.18. The fourth-order valence-corrected chi connectivity index (χ4v) is 3.05. The second-order valence-corrected chi connectivity index (χ2v) is 5.01. The number of nitriles is 1. The third-order valence-corrected chi connectivity index (χ3v) is 4.02. The third-order valence-electron chi connectivity index (χ3n) is 3.55. The molecule has 2 unspecified atom stereocenters. The molecule has 0 amide bonds. The lowest BCUT2D eigenvalue weighted by atomic mass is 9.93. The standard InChI is InChI=1S/C16H12ClN/c17-16-14-7-2-1-5-11(14)9-12(10-18)13-6-3-4-8-15(13)16/h1-8,12,16H,9H2. The van der Waals surface area contributed by atoms with E-state index in [9.17, 15) is 5.26 Å². The maximum Gasteiger partial charge on any atom is 0.0841 e. The van der Waals surface area contributed by atoms with Gasteiger partial charge in [-0.25, -0.2) is 0 Å². The second-order valence-electron chi connectivity index (χ2n) is 4.58. The zero-order chi connectivity index (χ0) is 12.5. The van der Waals surface area contributed by atoms with Crippen molar-refractivity contribution in [3.8, 4) is 6.07 Å². The number of halogens is 1. The molecule has 0 saturated heterocycles. The van der Waals surface area contributed by atoms with Crippen molar-refractivity contribution in [2.45, 2.75) is 17.7 Å². The molecule has 1 nitrogen and oxygen atoms in total. The van der Waals surface area contributed by atoms with Crippen molar-refractivity contribution in [2.24, 2.45) is 0 Å². The quantitative estimate of drug-likeness (QED) is 0.646. The molecule has 1 aliphatic rings. The molecule has 2 aromatic rings. The number of nitrogens with zero attached hydrogens (tertiary/aromatic N) is 1. The minimum Gasteiger partial charge on any atom is -0.198 e. The fourth-order valence-electron chi connectivity index (χ4n) is 2.64. The van der Waals surface area contributed by atoms with Crippen LogP contribution in [0.25, 0.3) is 0 Å². The summed E-state index contributed by atoms with van der Waals surface area (Å²) in [7, 11) is 0. The van der Waals surface area contributed by atoms with Gasteiger partial charge in [0.2, 0.25) is 0 Å². The van der Waals surface area contributed by atoms with Crippen LogP contribution in [0.5, 0.6) is 0 Å². The van der Waals surface area contributed by atoms with Gasteiger partial charge in [0.25, 0.3) is 0 Å². The van der Waals surface area contributed by atoms with Crippen LogP contribution in [-0.2, 0) is 6.42 Å². The number of hydrogen-bond acceptors (Lipinski definition) is 1. The van der Waals surface area contributed by atoms with Crippen molar-refractivity contribution in [1.82, 2.24) is 0 Å². The van der Waals surface area contributed by atoms with Crippen LogP contribution in [0.15, 0.2) is 48.5 Å². The van der Waals surface area contributed by atoms with Gasteiger partial charge < -0.3 is 0 Å². The maximum atomic E-state index is 9.38. The number of hydrogen-bond donors (Lipinski definition) is 0. The highest BCUT2D eigenvalue weighted by molar-refractivity contribution is 6.23. The van der Waals surface area contributed by atoms with E-state index >= 15 is 0 Å². The fraction of sp³-hybridized carbons (Fsp3) is 0.188. The summed E-state index contributed by atoms with van der Waals surface area (Å²) in [5.41, 5.74) is 4.44. The molecule has 0 fully saturated rings. The smallest absolute Gasteiger partial charge is 0.0841 e. The van der Waals surface area contributed by atoms with Crippen LogP contribution in [0.1, 0.15) is 33.5 Å². The Bertz CT molecular complexity index is 627. The molecule has 88 valence electrons. The molecule has 0 aliphatic heterocycles. The van der Waals surface area contributed by atoms with Crippen LogP contribution in [0.4, 0.5) is 0 Å². The van der Waals surface area contributed by atoms with E-state index in [0.717, 1.165) is 23.1 Å². The Hall–Kier alpha value is -1.78. The second kappa shape index (κ2) is 4.48. The van der Waals surface area contributed by atoms with E-state index in [1.165, 1.54) is 5.56 Å². The average Bonchev–Trinajstić information content (AvgIpc) is 2.55. The summed E-state index contributed by atoms with van der Waals surface area (Å²) in [5.74, 6) is -0.105. The SMILES string of the molecule is N#CC1Cc2ccccc2C(Cl)c2ccccc21. The molecule has 0 N–H and O–H groups in total. The van der Waals surface area contributed by atoms with E-state index in [-0.39, 0.29) is 11.3 Å². The molecule has 2 atom stereocenters. The molecule has 0 saturated carbocycles. The molecule has 0 aromatic heterocycles. The monoisotopic (exact) mass is 253 g/mol. The van der Waals surface area contributed by atoms with Crippen LogP contribution < -0.4 is 0 Å². The normalized spacial score (nSPS) is 21.3. The highest BCUT2D eigenvalue weighted by Crippen LogP contribution is 2.40. The Balaban J connectivity index is 2.25. The lowest BCUT2D eigenvalue weighted by Crippen LogP contribution is -2.00. The van der Waals surface area contributed by atoms with Crippen molar-refractivity contribution in [2.75, 3.05) is 0 Å². The molecule has 0 radical (unpaired) electrons. The molecular formula is C16H12ClN. The third kappa shape index (κ3) is 1.70. The van der Waals surface area contributed by atoms with Crippen LogP contribution in [-0.4, -0.2) is 0 Å². The molecular weight excluding hydrogens is 242 g/mol. The molecule has 18 heavy (non-hydrogen) atoms. The van der Waals surface area contributed by atoms with Crippen molar-refractivity contribution in [3.05, 3.63) is 70.8 Å². The van der Waals surface area contributed by atoms with E-state index in [2.05, 4.69) is 18.2 Å². The minimum atomic E-state index is -0.157. The van der Waals surface area contributed by atoms with Gasteiger partial charge >= 0.3 is 0 Å². The Labute approximate surface area is 112 Å². The lowest BCUT2D eigenvalue weighted by molar-refractivity contribution is 0.852. The summed E-state index contributed by atoms with van der Waals surface area (Å²) >= 11 is 6.60. The Morgan fingerprint density at radius 3 is 2.28 bits per heavy atom. The van der Waals surface area contributed by atoms with Gasteiger partial charge in [-0.3, -0.25) is 0 Å². The van der Waals surface area contributed by atoms with Gasteiger partial charge in [-0.05, 0) is 28.7 Å². The first-order valence-electron chi connectivity index (χ1n) is 6.01. The zero-order valence-electron chi connectivity index (χ0n) is 9.81. The van der Waals surface area contributed by atoms with Crippen molar-refractivity contribution in [3.63, 3.8) is 0 Å². The zero-order valence-corrected chi connectivity index (χ0v) is 10.6.